The monoisotopic (exact) mass is 382 g/mol. The summed E-state index contributed by atoms with van der Waals surface area (Å²) in [7, 11) is 0. The molecule has 1 aromatic carbocycles. The Bertz CT molecular complexity index is 1030. The van der Waals surface area contributed by atoms with Gasteiger partial charge in [-0.25, -0.2) is 4.79 Å². The number of fused-ring (bicyclic) bond motifs is 2. The molecule has 0 bridgehead atoms. The molecule has 3 aromatic rings. The minimum absolute atomic E-state index is 0.0756. The van der Waals surface area contributed by atoms with Gasteiger partial charge in [0, 0.05) is 12.0 Å². The molecule has 1 fully saturated rings. The first-order valence-corrected chi connectivity index (χ1v) is 9.28. The van der Waals surface area contributed by atoms with Gasteiger partial charge in [0.15, 0.2) is 5.54 Å². The third kappa shape index (κ3) is 2.42. The van der Waals surface area contributed by atoms with Crippen molar-refractivity contribution in [1.82, 2.24) is 20.4 Å². The molecule has 1 spiro atoms. The van der Waals surface area contributed by atoms with Gasteiger partial charge in [-0.1, -0.05) is 29.4 Å². The molecule has 136 valence electrons. The number of benzene rings is 1. The number of nitrogens with zero attached hydrogens (tertiary/aromatic N) is 3. The van der Waals surface area contributed by atoms with Crippen LogP contribution in [0.4, 0.5) is 4.79 Å². The topological polar surface area (TPSA) is 97.6 Å². The fourth-order valence-electron chi connectivity index (χ4n) is 3.48. The van der Waals surface area contributed by atoms with E-state index in [1.54, 1.807) is 12.1 Å². The quantitative estimate of drug-likeness (QED) is 0.699. The molecule has 5 rings (SSSR count). The van der Waals surface area contributed by atoms with Gasteiger partial charge in [0.1, 0.15) is 12.3 Å². The predicted molar refractivity (Wildman–Crippen MR) is 94.9 cm³/mol. The van der Waals surface area contributed by atoms with Gasteiger partial charge in [-0.05, 0) is 17.5 Å². The molecule has 9 heteroatoms. The highest BCUT2D eigenvalue weighted by Crippen LogP contribution is 2.41. The average molecular weight is 382 g/mol. The highest BCUT2D eigenvalue weighted by Gasteiger charge is 2.55. The summed E-state index contributed by atoms with van der Waals surface area (Å²) in [5.41, 5.74) is -0.440. The van der Waals surface area contributed by atoms with Crippen LogP contribution in [0.3, 0.4) is 0 Å². The molecule has 4 heterocycles. The second kappa shape index (κ2) is 5.92. The number of hydrogen-bond acceptors (Lipinski definition) is 7. The molecule has 1 unspecified atom stereocenters. The largest absolute Gasteiger partial charge is 0.493 e. The van der Waals surface area contributed by atoms with Gasteiger partial charge >= 0.3 is 6.03 Å². The van der Waals surface area contributed by atoms with Gasteiger partial charge in [-0.15, -0.1) is 11.3 Å². The molecule has 2 aromatic heterocycles. The lowest BCUT2D eigenvalue weighted by atomic mass is 9.84. The SMILES string of the molecule is O=C1NC2(CCOc3ccccc32)C(=O)N1Cc1nc(-c2cccs2)no1. The van der Waals surface area contributed by atoms with Gasteiger partial charge in [0.05, 0.1) is 11.5 Å². The van der Waals surface area contributed by atoms with Crippen LogP contribution in [0.25, 0.3) is 10.7 Å². The van der Waals surface area contributed by atoms with E-state index in [2.05, 4.69) is 15.5 Å². The van der Waals surface area contributed by atoms with Crippen molar-refractivity contribution in [2.45, 2.75) is 18.5 Å². The summed E-state index contributed by atoms with van der Waals surface area (Å²) in [5, 5.41) is 8.69. The van der Waals surface area contributed by atoms with Crippen LogP contribution in [0, 0.1) is 0 Å². The van der Waals surface area contributed by atoms with E-state index in [-0.39, 0.29) is 18.3 Å². The Morgan fingerprint density at radius 2 is 2.11 bits per heavy atom. The van der Waals surface area contributed by atoms with E-state index in [0.717, 1.165) is 9.78 Å². The predicted octanol–water partition coefficient (Wildman–Crippen LogP) is 2.53. The van der Waals surface area contributed by atoms with Crippen LogP contribution in [0.1, 0.15) is 17.9 Å². The van der Waals surface area contributed by atoms with Gasteiger partial charge in [-0.2, -0.15) is 4.98 Å². The normalized spacial score (nSPS) is 21.3. The van der Waals surface area contributed by atoms with Gasteiger partial charge in [0.2, 0.25) is 11.7 Å². The summed E-state index contributed by atoms with van der Waals surface area (Å²) < 4.78 is 10.9. The maximum atomic E-state index is 13.2. The lowest BCUT2D eigenvalue weighted by Crippen LogP contribution is -2.47. The van der Waals surface area contributed by atoms with Gasteiger partial charge in [-0.3, -0.25) is 9.69 Å². The van der Waals surface area contributed by atoms with Crippen molar-refractivity contribution in [3.8, 4) is 16.5 Å². The number of urea groups is 1. The summed E-state index contributed by atoms with van der Waals surface area (Å²) in [6, 6.07) is 10.5. The van der Waals surface area contributed by atoms with Crippen LogP contribution in [0.5, 0.6) is 5.75 Å². The molecule has 8 nitrogen and oxygen atoms in total. The zero-order valence-corrected chi connectivity index (χ0v) is 14.9. The molecule has 0 radical (unpaired) electrons. The zero-order chi connectivity index (χ0) is 18.4. The molecule has 2 aliphatic heterocycles. The minimum atomic E-state index is -1.11. The van der Waals surface area contributed by atoms with Gasteiger partial charge in [0.25, 0.3) is 5.91 Å². The Morgan fingerprint density at radius 1 is 1.22 bits per heavy atom. The van der Waals surface area contributed by atoms with Crippen molar-refractivity contribution in [1.29, 1.82) is 0 Å². The van der Waals surface area contributed by atoms with Gasteiger partial charge < -0.3 is 14.6 Å². The maximum absolute atomic E-state index is 13.2. The molecule has 1 saturated heterocycles. The second-order valence-corrected chi connectivity index (χ2v) is 7.26. The number of amides is 3. The molecule has 0 saturated carbocycles. The van der Waals surface area contributed by atoms with Crippen molar-refractivity contribution in [3.05, 3.63) is 53.2 Å². The van der Waals surface area contributed by atoms with Crippen molar-refractivity contribution < 1.29 is 18.8 Å². The standard InChI is InChI=1S/C18H14N4O4S/c23-16-18(7-8-25-12-5-2-1-4-11(12)18)20-17(24)22(16)10-14-19-15(21-26-14)13-6-3-9-27-13/h1-6,9H,7-8,10H2,(H,20,24). The highest BCUT2D eigenvalue weighted by atomic mass is 32.1. The number of para-hydroxylation sites is 1. The van der Waals surface area contributed by atoms with Crippen LogP contribution < -0.4 is 10.1 Å². The fourth-order valence-corrected chi connectivity index (χ4v) is 4.12. The Hall–Kier alpha value is -3.20. The molecule has 2 aliphatic rings. The van der Waals surface area contributed by atoms with E-state index in [1.165, 1.54) is 11.3 Å². The Labute approximate surface area is 157 Å². The van der Waals surface area contributed by atoms with E-state index in [1.807, 2.05) is 29.6 Å². The zero-order valence-electron chi connectivity index (χ0n) is 14.0. The third-order valence-corrected chi connectivity index (χ3v) is 5.63. The highest BCUT2D eigenvalue weighted by molar-refractivity contribution is 7.13. The summed E-state index contributed by atoms with van der Waals surface area (Å²) in [4.78, 5) is 32.0. The fraction of sp³-hybridized carbons (Fsp3) is 0.222. The average Bonchev–Trinajstić information content (AvgIpc) is 3.40. The Kier molecular flexibility index (Phi) is 3.51. The van der Waals surface area contributed by atoms with Crippen molar-refractivity contribution >= 4 is 23.3 Å². The van der Waals surface area contributed by atoms with Crippen molar-refractivity contribution in [2.24, 2.45) is 0 Å². The van der Waals surface area contributed by atoms with Crippen LogP contribution in [0.15, 0.2) is 46.3 Å². The first-order valence-electron chi connectivity index (χ1n) is 8.40. The molecule has 3 amide bonds. The number of aromatic nitrogens is 2. The van der Waals surface area contributed by atoms with Crippen LogP contribution in [-0.2, 0) is 16.9 Å². The summed E-state index contributed by atoms with van der Waals surface area (Å²) in [6.07, 6.45) is 0.370. The maximum Gasteiger partial charge on any atom is 0.325 e. The molecule has 0 aliphatic carbocycles. The number of hydrogen-bond donors (Lipinski definition) is 1. The van der Waals surface area contributed by atoms with E-state index >= 15 is 0 Å². The van der Waals surface area contributed by atoms with Crippen molar-refractivity contribution in [2.75, 3.05) is 6.61 Å². The Morgan fingerprint density at radius 3 is 2.96 bits per heavy atom. The van der Waals surface area contributed by atoms with E-state index in [9.17, 15) is 9.59 Å². The molecule has 1 atom stereocenters. The first kappa shape index (κ1) is 16.0. The number of carbonyl (C=O) groups is 2. The van der Waals surface area contributed by atoms with Crippen LogP contribution in [0.2, 0.25) is 0 Å². The van der Waals surface area contributed by atoms with E-state index < -0.39 is 11.6 Å². The van der Waals surface area contributed by atoms with E-state index in [0.29, 0.717) is 30.2 Å². The third-order valence-electron chi connectivity index (χ3n) is 4.76. The van der Waals surface area contributed by atoms with Crippen LogP contribution in [-0.4, -0.2) is 33.6 Å². The van der Waals surface area contributed by atoms with Crippen molar-refractivity contribution in [3.63, 3.8) is 0 Å². The number of thiophene rings is 1. The minimum Gasteiger partial charge on any atom is -0.493 e. The first-order chi connectivity index (χ1) is 13.2. The number of nitrogens with one attached hydrogen (secondary N) is 1. The smallest absolute Gasteiger partial charge is 0.325 e. The number of ether oxygens (including phenoxy) is 1. The summed E-state index contributed by atoms with van der Waals surface area (Å²) >= 11 is 1.48. The van der Waals surface area contributed by atoms with Crippen LogP contribution >= 0.6 is 11.3 Å². The number of carbonyl (C=O) groups excluding carboxylic acids is 2. The van der Waals surface area contributed by atoms with E-state index in [4.69, 9.17) is 9.26 Å². The summed E-state index contributed by atoms with van der Waals surface area (Å²) in [6.45, 7) is 0.272. The lowest BCUT2D eigenvalue weighted by Gasteiger charge is -2.33. The Balaban J connectivity index is 1.44. The number of rotatable bonds is 3. The second-order valence-electron chi connectivity index (χ2n) is 6.31. The number of imide groups is 1. The molecular weight excluding hydrogens is 368 g/mol. The lowest BCUT2D eigenvalue weighted by molar-refractivity contribution is -0.133. The molecule has 27 heavy (non-hydrogen) atoms. The summed E-state index contributed by atoms with van der Waals surface area (Å²) in [5.74, 6) is 0.925. The molecular formula is C18H14N4O4S. The molecule has 1 N–H and O–H groups in total.